The summed E-state index contributed by atoms with van der Waals surface area (Å²) in [4.78, 5) is 11.9. The number of Topliss-reactive ketones (excluding diaryl/α,β-unsaturated/α-hetero) is 1. The number of aliphatic hydroxyl groups is 1. The Labute approximate surface area is 109 Å². The van der Waals surface area contributed by atoms with Crippen LogP contribution in [0.3, 0.4) is 0 Å². The highest BCUT2D eigenvalue weighted by Gasteiger charge is 2.17. The molecule has 0 atom stereocenters. The molecule has 0 spiro atoms. The molecule has 19 heavy (non-hydrogen) atoms. The lowest BCUT2D eigenvalue weighted by atomic mass is 10.1. The van der Waals surface area contributed by atoms with E-state index in [0.29, 0.717) is 5.56 Å². The van der Waals surface area contributed by atoms with Crippen LogP contribution >= 0.6 is 0 Å². The zero-order chi connectivity index (χ0) is 13.8. The van der Waals surface area contributed by atoms with Crippen LogP contribution in [0.2, 0.25) is 0 Å². The Morgan fingerprint density at radius 1 is 0.947 bits per heavy atom. The molecule has 4 nitrogen and oxygen atoms in total. The van der Waals surface area contributed by atoms with Gasteiger partial charge in [0.2, 0.25) is 5.78 Å². The summed E-state index contributed by atoms with van der Waals surface area (Å²) < 4.78 is 0. The monoisotopic (exact) mass is 256 g/mol. The molecule has 0 radical (unpaired) electrons. The van der Waals surface area contributed by atoms with Gasteiger partial charge in [-0.3, -0.25) is 4.79 Å². The minimum atomic E-state index is -0.753. The number of carbonyl (C=O) groups is 1. The number of para-hydroxylation sites is 1. The molecule has 0 aliphatic rings. The molecule has 0 heterocycles. The Morgan fingerprint density at radius 2 is 1.63 bits per heavy atom. The van der Waals surface area contributed by atoms with Crippen LogP contribution in [0.4, 0.5) is 0 Å². The Bertz CT molecular complexity index is 630. The number of ketones is 1. The number of aromatic hydroxyl groups is 2. The summed E-state index contributed by atoms with van der Waals surface area (Å²) in [5.74, 6) is -2.21. The maximum atomic E-state index is 11.9. The average Bonchev–Trinajstić information content (AvgIpc) is 2.42. The van der Waals surface area contributed by atoms with E-state index in [1.807, 2.05) is 6.07 Å². The summed E-state index contributed by atoms with van der Waals surface area (Å²) in [6.07, 6.45) is 1.30. The van der Waals surface area contributed by atoms with Gasteiger partial charge < -0.3 is 15.3 Å². The van der Waals surface area contributed by atoms with E-state index in [-0.39, 0.29) is 5.56 Å². The highest BCUT2D eigenvalue weighted by molar-refractivity contribution is 6.11. The van der Waals surface area contributed by atoms with Crippen molar-refractivity contribution >= 4 is 11.9 Å². The van der Waals surface area contributed by atoms with E-state index in [1.165, 1.54) is 24.3 Å². The van der Waals surface area contributed by atoms with Crippen LogP contribution in [0.25, 0.3) is 6.08 Å². The molecule has 0 amide bonds. The molecular weight excluding hydrogens is 244 g/mol. The molecule has 0 aliphatic heterocycles. The van der Waals surface area contributed by atoms with Crippen molar-refractivity contribution in [3.63, 3.8) is 0 Å². The molecule has 2 aromatic rings. The highest BCUT2D eigenvalue weighted by atomic mass is 16.3. The minimum absolute atomic E-state index is 0.148. The van der Waals surface area contributed by atoms with Crippen molar-refractivity contribution in [2.45, 2.75) is 0 Å². The van der Waals surface area contributed by atoms with Crippen molar-refractivity contribution in [1.82, 2.24) is 0 Å². The van der Waals surface area contributed by atoms with E-state index in [4.69, 9.17) is 0 Å². The Balaban J connectivity index is 2.34. The average molecular weight is 256 g/mol. The number of phenols is 2. The SMILES string of the molecule is O=C(C(O)=Cc1ccccc1)c1cccc(O)c1O. The molecule has 2 rings (SSSR count). The standard InChI is InChI=1S/C15H12O4/c16-12-8-4-7-11(14(12)18)15(19)13(17)9-10-5-2-1-3-6-10/h1-9,16-18H. The highest BCUT2D eigenvalue weighted by Crippen LogP contribution is 2.29. The molecule has 0 saturated heterocycles. The maximum Gasteiger partial charge on any atom is 0.231 e. The van der Waals surface area contributed by atoms with Crippen LogP contribution in [0.5, 0.6) is 11.5 Å². The van der Waals surface area contributed by atoms with Crippen LogP contribution in [0.15, 0.2) is 54.3 Å². The molecule has 3 N–H and O–H groups in total. The summed E-state index contributed by atoms with van der Waals surface area (Å²) in [5.41, 5.74) is 0.512. The Hall–Kier alpha value is -2.75. The third kappa shape index (κ3) is 2.74. The van der Waals surface area contributed by atoms with Gasteiger partial charge in [-0.15, -0.1) is 0 Å². The van der Waals surface area contributed by atoms with Gasteiger partial charge in [-0.05, 0) is 23.8 Å². The van der Waals surface area contributed by atoms with E-state index in [2.05, 4.69) is 0 Å². The van der Waals surface area contributed by atoms with Gasteiger partial charge in [0.1, 0.15) is 0 Å². The Kier molecular flexibility index (Phi) is 3.52. The van der Waals surface area contributed by atoms with Gasteiger partial charge in [-0.25, -0.2) is 0 Å². The first-order valence-corrected chi connectivity index (χ1v) is 5.61. The van der Waals surface area contributed by atoms with E-state index in [0.717, 1.165) is 0 Å². The van der Waals surface area contributed by atoms with Crippen molar-refractivity contribution in [2.75, 3.05) is 0 Å². The predicted molar refractivity (Wildman–Crippen MR) is 71.1 cm³/mol. The molecule has 0 fully saturated rings. The number of benzene rings is 2. The van der Waals surface area contributed by atoms with Crippen LogP contribution in [-0.4, -0.2) is 21.1 Å². The van der Waals surface area contributed by atoms with Gasteiger partial charge in [0, 0.05) is 0 Å². The first kappa shape index (κ1) is 12.7. The van der Waals surface area contributed by atoms with Crippen molar-refractivity contribution < 1.29 is 20.1 Å². The van der Waals surface area contributed by atoms with E-state index < -0.39 is 23.0 Å². The molecule has 0 saturated carbocycles. The summed E-state index contributed by atoms with van der Waals surface area (Å²) in [7, 11) is 0. The lowest BCUT2D eigenvalue weighted by Crippen LogP contribution is -2.03. The number of allylic oxidation sites excluding steroid dienone is 1. The molecular formula is C15H12O4. The van der Waals surface area contributed by atoms with Gasteiger partial charge in [0.15, 0.2) is 17.3 Å². The van der Waals surface area contributed by atoms with Gasteiger partial charge in [-0.1, -0.05) is 36.4 Å². The van der Waals surface area contributed by atoms with Crippen molar-refractivity contribution in [3.8, 4) is 11.5 Å². The second kappa shape index (κ2) is 5.27. The van der Waals surface area contributed by atoms with Crippen LogP contribution in [0, 0.1) is 0 Å². The lowest BCUT2D eigenvalue weighted by molar-refractivity contribution is 0.0977. The summed E-state index contributed by atoms with van der Waals surface area (Å²) in [5, 5.41) is 28.6. The zero-order valence-corrected chi connectivity index (χ0v) is 9.95. The summed E-state index contributed by atoms with van der Waals surface area (Å²) in [6.45, 7) is 0. The van der Waals surface area contributed by atoms with Gasteiger partial charge in [-0.2, -0.15) is 0 Å². The largest absolute Gasteiger partial charge is 0.504 e. The molecule has 0 unspecified atom stereocenters. The van der Waals surface area contributed by atoms with E-state index in [9.17, 15) is 20.1 Å². The molecule has 2 aromatic carbocycles. The number of hydrogen-bond donors (Lipinski definition) is 3. The zero-order valence-electron chi connectivity index (χ0n) is 9.95. The molecule has 0 aliphatic carbocycles. The van der Waals surface area contributed by atoms with Crippen LogP contribution < -0.4 is 0 Å². The molecule has 4 heteroatoms. The van der Waals surface area contributed by atoms with Crippen LogP contribution in [0.1, 0.15) is 15.9 Å². The van der Waals surface area contributed by atoms with Gasteiger partial charge in [0.25, 0.3) is 0 Å². The van der Waals surface area contributed by atoms with E-state index >= 15 is 0 Å². The smallest absolute Gasteiger partial charge is 0.231 e. The summed E-state index contributed by atoms with van der Waals surface area (Å²) in [6, 6.07) is 12.8. The number of phenolic OH excluding ortho intramolecular Hbond substituents is 2. The van der Waals surface area contributed by atoms with Gasteiger partial charge in [0.05, 0.1) is 5.56 Å². The van der Waals surface area contributed by atoms with Crippen LogP contribution in [-0.2, 0) is 0 Å². The third-order valence-corrected chi connectivity index (χ3v) is 2.59. The first-order valence-electron chi connectivity index (χ1n) is 5.61. The summed E-state index contributed by atoms with van der Waals surface area (Å²) >= 11 is 0. The predicted octanol–water partition coefficient (Wildman–Crippen LogP) is 2.88. The van der Waals surface area contributed by atoms with Gasteiger partial charge >= 0.3 is 0 Å². The molecule has 0 bridgehead atoms. The quantitative estimate of drug-likeness (QED) is 0.341. The fourth-order valence-electron chi connectivity index (χ4n) is 1.63. The molecule has 0 aromatic heterocycles. The number of carbonyl (C=O) groups excluding carboxylic acids is 1. The topological polar surface area (TPSA) is 77.8 Å². The van der Waals surface area contributed by atoms with Crippen molar-refractivity contribution in [2.24, 2.45) is 0 Å². The van der Waals surface area contributed by atoms with E-state index in [1.54, 1.807) is 24.3 Å². The lowest BCUT2D eigenvalue weighted by Gasteiger charge is -2.04. The molecule has 96 valence electrons. The second-order valence-corrected chi connectivity index (χ2v) is 3.94. The second-order valence-electron chi connectivity index (χ2n) is 3.94. The number of hydrogen-bond acceptors (Lipinski definition) is 4. The third-order valence-electron chi connectivity index (χ3n) is 2.59. The van der Waals surface area contributed by atoms with Crippen molar-refractivity contribution in [3.05, 3.63) is 65.4 Å². The Morgan fingerprint density at radius 3 is 2.32 bits per heavy atom. The number of rotatable bonds is 3. The number of aliphatic hydroxyl groups excluding tert-OH is 1. The fraction of sp³-hybridized carbons (Fsp3) is 0. The maximum absolute atomic E-state index is 11.9. The van der Waals surface area contributed by atoms with Crippen molar-refractivity contribution in [1.29, 1.82) is 0 Å². The first-order chi connectivity index (χ1) is 9.09. The normalized spacial score (nSPS) is 11.3. The minimum Gasteiger partial charge on any atom is -0.504 e. The fourth-order valence-corrected chi connectivity index (χ4v) is 1.63.